The Balaban J connectivity index is 1.68. The Morgan fingerprint density at radius 1 is 1.16 bits per heavy atom. The lowest BCUT2D eigenvalue weighted by molar-refractivity contribution is -0.102. The summed E-state index contributed by atoms with van der Waals surface area (Å²) in [5, 5.41) is 0. The van der Waals surface area contributed by atoms with Crippen LogP contribution in [0, 0.1) is 17.8 Å². The van der Waals surface area contributed by atoms with Crippen LogP contribution in [0.5, 0.6) is 0 Å². The number of rotatable bonds is 3. The second-order valence-electron chi connectivity index (χ2n) is 7.26. The lowest BCUT2D eigenvalue weighted by atomic mass is 9.74. The van der Waals surface area contributed by atoms with Crippen LogP contribution in [0.4, 0.5) is 0 Å². The minimum atomic E-state index is 0.222. The molecule has 1 heterocycles. The van der Waals surface area contributed by atoms with Gasteiger partial charge in [0.15, 0.2) is 0 Å². The third kappa shape index (κ3) is 2.70. The van der Waals surface area contributed by atoms with Crippen LogP contribution in [0.2, 0.25) is 0 Å². The van der Waals surface area contributed by atoms with Crippen LogP contribution >= 0.6 is 0 Å². The van der Waals surface area contributed by atoms with Gasteiger partial charge in [-0.2, -0.15) is 0 Å². The molecule has 0 radical (unpaired) electrons. The summed E-state index contributed by atoms with van der Waals surface area (Å²) >= 11 is 0. The fraction of sp³-hybridized carbons (Fsp3) is 1.00. The van der Waals surface area contributed by atoms with Crippen LogP contribution in [0.25, 0.3) is 0 Å². The van der Waals surface area contributed by atoms with Crippen LogP contribution in [0.1, 0.15) is 64.7 Å². The first-order chi connectivity index (χ1) is 9.24. The van der Waals surface area contributed by atoms with Crippen molar-refractivity contribution < 1.29 is 4.74 Å². The Labute approximate surface area is 117 Å². The number of nitrogens with one attached hydrogen (secondary N) is 1. The molecular formula is C16H30N2O. The first kappa shape index (κ1) is 13.8. The van der Waals surface area contributed by atoms with Crippen LogP contribution < -0.4 is 11.3 Å². The molecule has 110 valence electrons. The third-order valence-corrected chi connectivity index (χ3v) is 6.14. The molecule has 2 aliphatic carbocycles. The van der Waals surface area contributed by atoms with Gasteiger partial charge in [0.25, 0.3) is 0 Å². The average molecular weight is 266 g/mol. The van der Waals surface area contributed by atoms with E-state index in [1.54, 1.807) is 0 Å². The summed E-state index contributed by atoms with van der Waals surface area (Å²) in [6.07, 6.45) is 11.8. The first-order valence-electron chi connectivity index (χ1n) is 8.34. The number of hydrogen-bond acceptors (Lipinski definition) is 3. The third-order valence-electron chi connectivity index (χ3n) is 6.14. The van der Waals surface area contributed by atoms with E-state index in [1.165, 1.54) is 57.8 Å². The molecule has 0 aromatic carbocycles. The molecule has 1 saturated heterocycles. The number of hydrazine groups is 1. The van der Waals surface area contributed by atoms with E-state index < -0.39 is 0 Å². The van der Waals surface area contributed by atoms with Crippen LogP contribution in [0.3, 0.4) is 0 Å². The van der Waals surface area contributed by atoms with E-state index in [0.29, 0.717) is 6.04 Å². The minimum Gasteiger partial charge on any atom is -0.375 e. The lowest BCUT2D eigenvalue weighted by Crippen LogP contribution is -2.51. The van der Waals surface area contributed by atoms with Gasteiger partial charge in [0.05, 0.1) is 5.60 Å². The normalized spacial score (nSPS) is 39.8. The van der Waals surface area contributed by atoms with Crippen molar-refractivity contribution in [1.29, 1.82) is 0 Å². The van der Waals surface area contributed by atoms with Gasteiger partial charge in [-0.3, -0.25) is 11.3 Å². The maximum atomic E-state index is 6.17. The Morgan fingerprint density at radius 2 is 1.95 bits per heavy atom. The zero-order valence-electron chi connectivity index (χ0n) is 12.4. The standard InChI is InChI=1S/C16H30N2O/c1-12-5-4-6-14(12)15(18-17)13-7-10-19-16(11-13)8-2-3-9-16/h12-15,18H,2-11,17H2,1H3. The topological polar surface area (TPSA) is 47.3 Å². The monoisotopic (exact) mass is 266 g/mol. The molecule has 2 saturated carbocycles. The highest BCUT2D eigenvalue weighted by molar-refractivity contribution is 4.97. The van der Waals surface area contributed by atoms with Crippen LogP contribution in [-0.2, 0) is 4.74 Å². The van der Waals surface area contributed by atoms with E-state index in [-0.39, 0.29) is 5.60 Å². The molecule has 3 aliphatic rings. The van der Waals surface area contributed by atoms with Gasteiger partial charge in [-0.1, -0.05) is 32.6 Å². The maximum Gasteiger partial charge on any atom is 0.0685 e. The zero-order valence-corrected chi connectivity index (χ0v) is 12.4. The van der Waals surface area contributed by atoms with Gasteiger partial charge in [0, 0.05) is 12.6 Å². The molecule has 3 heteroatoms. The van der Waals surface area contributed by atoms with E-state index in [9.17, 15) is 0 Å². The molecule has 3 rings (SSSR count). The summed E-state index contributed by atoms with van der Waals surface area (Å²) in [4.78, 5) is 0. The van der Waals surface area contributed by atoms with Gasteiger partial charge in [-0.25, -0.2) is 0 Å². The van der Waals surface area contributed by atoms with Crippen molar-refractivity contribution in [3.63, 3.8) is 0 Å². The lowest BCUT2D eigenvalue weighted by Gasteiger charge is -2.43. The Kier molecular flexibility index (Phi) is 4.16. The number of hydrogen-bond donors (Lipinski definition) is 2. The van der Waals surface area contributed by atoms with Gasteiger partial charge in [0.1, 0.15) is 0 Å². The van der Waals surface area contributed by atoms with Crippen molar-refractivity contribution in [2.45, 2.75) is 76.4 Å². The molecule has 4 unspecified atom stereocenters. The van der Waals surface area contributed by atoms with Crippen molar-refractivity contribution in [2.24, 2.45) is 23.6 Å². The van der Waals surface area contributed by atoms with Crippen molar-refractivity contribution in [2.75, 3.05) is 6.61 Å². The maximum absolute atomic E-state index is 6.17. The van der Waals surface area contributed by atoms with E-state index in [0.717, 1.165) is 24.4 Å². The Morgan fingerprint density at radius 3 is 2.58 bits per heavy atom. The van der Waals surface area contributed by atoms with E-state index in [1.807, 2.05) is 0 Å². The van der Waals surface area contributed by atoms with Crippen LogP contribution in [-0.4, -0.2) is 18.2 Å². The largest absolute Gasteiger partial charge is 0.375 e. The molecule has 3 N–H and O–H groups in total. The number of ether oxygens (including phenoxy) is 1. The van der Waals surface area contributed by atoms with Gasteiger partial charge in [0.2, 0.25) is 0 Å². The summed E-state index contributed by atoms with van der Waals surface area (Å²) in [6.45, 7) is 3.36. The van der Waals surface area contributed by atoms with Crippen molar-refractivity contribution >= 4 is 0 Å². The molecule has 0 aromatic rings. The first-order valence-corrected chi connectivity index (χ1v) is 8.34. The second kappa shape index (κ2) is 5.71. The smallest absolute Gasteiger partial charge is 0.0685 e. The van der Waals surface area contributed by atoms with Crippen molar-refractivity contribution in [3.05, 3.63) is 0 Å². The molecule has 4 atom stereocenters. The highest BCUT2D eigenvalue weighted by atomic mass is 16.5. The average Bonchev–Trinajstić information content (AvgIpc) is 3.02. The highest BCUT2D eigenvalue weighted by Crippen LogP contribution is 2.45. The molecule has 1 aliphatic heterocycles. The molecule has 0 bridgehead atoms. The van der Waals surface area contributed by atoms with E-state index in [4.69, 9.17) is 10.6 Å². The summed E-state index contributed by atoms with van der Waals surface area (Å²) in [5.74, 6) is 8.29. The summed E-state index contributed by atoms with van der Waals surface area (Å²) in [6, 6.07) is 0.513. The predicted molar refractivity (Wildman–Crippen MR) is 77.5 cm³/mol. The molecule has 3 fully saturated rings. The quantitative estimate of drug-likeness (QED) is 0.610. The summed E-state index contributed by atoms with van der Waals surface area (Å²) < 4.78 is 6.17. The summed E-state index contributed by atoms with van der Waals surface area (Å²) in [7, 11) is 0. The zero-order chi connectivity index (χ0) is 13.3. The predicted octanol–water partition coefficient (Wildman–Crippen LogP) is 2.99. The molecule has 19 heavy (non-hydrogen) atoms. The fourth-order valence-electron chi connectivity index (χ4n) is 5.06. The van der Waals surface area contributed by atoms with Crippen molar-refractivity contribution in [3.8, 4) is 0 Å². The molecule has 3 nitrogen and oxygen atoms in total. The second-order valence-corrected chi connectivity index (χ2v) is 7.26. The highest BCUT2D eigenvalue weighted by Gasteiger charge is 2.44. The van der Waals surface area contributed by atoms with Gasteiger partial charge >= 0.3 is 0 Å². The minimum absolute atomic E-state index is 0.222. The van der Waals surface area contributed by atoms with Gasteiger partial charge < -0.3 is 4.74 Å². The molecule has 1 spiro atoms. The Bertz CT molecular complexity index is 301. The molecular weight excluding hydrogens is 236 g/mol. The van der Waals surface area contributed by atoms with Gasteiger partial charge in [-0.05, 0) is 49.9 Å². The number of nitrogens with two attached hydrogens (primary N) is 1. The summed E-state index contributed by atoms with van der Waals surface area (Å²) in [5.41, 5.74) is 3.42. The molecule has 0 aromatic heterocycles. The SMILES string of the molecule is CC1CCCC1C(NN)C1CCOC2(CCCC2)C1. The van der Waals surface area contributed by atoms with E-state index >= 15 is 0 Å². The fourth-order valence-corrected chi connectivity index (χ4v) is 5.06. The van der Waals surface area contributed by atoms with Gasteiger partial charge in [-0.15, -0.1) is 0 Å². The Hall–Kier alpha value is -0.120. The molecule has 0 amide bonds. The van der Waals surface area contributed by atoms with E-state index in [2.05, 4.69) is 12.3 Å². The van der Waals surface area contributed by atoms with Crippen LogP contribution in [0.15, 0.2) is 0 Å². The van der Waals surface area contributed by atoms with Crippen molar-refractivity contribution in [1.82, 2.24) is 5.43 Å².